The Labute approximate surface area is 76.1 Å². The maximum atomic E-state index is 10.2. The summed E-state index contributed by atoms with van der Waals surface area (Å²) in [5.74, 6) is 0.126. The number of halogens is 1. The zero-order chi connectivity index (χ0) is 9.14. The second-order valence-corrected chi connectivity index (χ2v) is 2.72. The van der Waals surface area contributed by atoms with Crippen molar-refractivity contribution < 1.29 is 4.92 Å². The summed E-state index contributed by atoms with van der Waals surface area (Å²) >= 11 is 2.99. The van der Waals surface area contributed by atoms with Crippen LogP contribution in [-0.2, 0) is 0 Å². The predicted molar refractivity (Wildman–Crippen MR) is 44.9 cm³/mol. The highest BCUT2D eigenvalue weighted by Crippen LogP contribution is 2.26. The van der Waals surface area contributed by atoms with Gasteiger partial charge in [0.2, 0.25) is 0 Å². The number of nitrogens with zero attached hydrogens (tertiary/aromatic N) is 3. The van der Waals surface area contributed by atoms with Gasteiger partial charge in [-0.1, -0.05) is 22.5 Å². The van der Waals surface area contributed by atoms with E-state index in [1.807, 2.05) is 0 Å². The molecule has 1 rings (SSSR count). The molecule has 0 saturated heterocycles. The van der Waals surface area contributed by atoms with Gasteiger partial charge in [-0.2, -0.15) is 0 Å². The van der Waals surface area contributed by atoms with Crippen molar-refractivity contribution in [2.75, 3.05) is 0 Å². The number of hydrogen-bond donors (Lipinski definition) is 0. The molecule has 0 unspecified atom stereocenters. The summed E-state index contributed by atoms with van der Waals surface area (Å²) in [4.78, 5) is 16.3. The average Bonchev–Trinajstić information content (AvgIpc) is 2.04. The fourth-order valence-electron chi connectivity index (χ4n) is 0.603. The van der Waals surface area contributed by atoms with Gasteiger partial charge in [0.05, 0.1) is 9.40 Å². The summed E-state index contributed by atoms with van der Waals surface area (Å²) in [7, 11) is 0. The third-order valence-electron chi connectivity index (χ3n) is 1.12. The lowest BCUT2D eigenvalue weighted by Crippen LogP contribution is -1.88. The van der Waals surface area contributed by atoms with E-state index in [0.29, 0.717) is 4.47 Å². The van der Waals surface area contributed by atoms with Gasteiger partial charge >= 0.3 is 5.69 Å². The highest BCUT2D eigenvalue weighted by molar-refractivity contribution is 9.10. The molecule has 0 saturated carbocycles. The SMILES string of the molecule is [C-]#[N+]c1ncc([N+](=O)[O-])cc1Br. The third kappa shape index (κ3) is 1.57. The van der Waals surface area contributed by atoms with E-state index in [-0.39, 0.29) is 11.5 Å². The summed E-state index contributed by atoms with van der Waals surface area (Å²) in [6.45, 7) is 6.63. The normalized spacial score (nSPS) is 9.00. The van der Waals surface area contributed by atoms with E-state index < -0.39 is 4.92 Å². The van der Waals surface area contributed by atoms with E-state index in [9.17, 15) is 10.1 Å². The number of aromatic nitrogens is 1. The van der Waals surface area contributed by atoms with Crippen molar-refractivity contribution in [2.45, 2.75) is 0 Å². The minimum Gasteiger partial charge on any atom is -0.360 e. The molecule has 0 bridgehead atoms. The molecule has 1 aromatic heterocycles. The second-order valence-electron chi connectivity index (χ2n) is 1.87. The van der Waals surface area contributed by atoms with Crippen molar-refractivity contribution in [1.82, 2.24) is 4.98 Å². The molecule has 0 fully saturated rings. The zero-order valence-corrected chi connectivity index (χ0v) is 7.28. The number of nitro groups is 1. The van der Waals surface area contributed by atoms with Crippen molar-refractivity contribution in [2.24, 2.45) is 0 Å². The van der Waals surface area contributed by atoms with Crippen LogP contribution in [-0.4, -0.2) is 9.91 Å². The molecular weight excluding hydrogens is 226 g/mol. The van der Waals surface area contributed by atoms with Gasteiger partial charge in [-0.15, -0.1) is 4.98 Å². The Kier molecular flexibility index (Phi) is 2.35. The Morgan fingerprint density at radius 1 is 1.75 bits per heavy atom. The molecule has 1 heterocycles. The van der Waals surface area contributed by atoms with Crippen LogP contribution in [0.5, 0.6) is 0 Å². The van der Waals surface area contributed by atoms with Gasteiger partial charge in [-0.3, -0.25) is 10.1 Å². The van der Waals surface area contributed by atoms with Crippen LogP contribution in [0, 0.1) is 16.7 Å². The molecule has 0 spiro atoms. The summed E-state index contributed by atoms with van der Waals surface area (Å²) < 4.78 is 0.340. The molecule has 6 heteroatoms. The first kappa shape index (κ1) is 8.62. The summed E-state index contributed by atoms with van der Waals surface area (Å²) in [6, 6.07) is 1.25. The molecule has 0 N–H and O–H groups in total. The first-order valence-electron chi connectivity index (χ1n) is 2.82. The lowest BCUT2D eigenvalue weighted by atomic mass is 10.4. The van der Waals surface area contributed by atoms with Crippen molar-refractivity contribution in [3.8, 4) is 0 Å². The topological polar surface area (TPSA) is 60.4 Å². The first-order valence-corrected chi connectivity index (χ1v) is 3.62. The van der Waals surface area contributed by atoms with Crippen LogP contribution in [0.2, 0.25) is 0 Å². The monoisotopic (exact) mass is 227 g/mol. The average molecular weight is 228 g/mol. The molecule has 5 nitrogen and oxygen atoms in total. The number of hydrogen-bond acceptors (Lipinski definition) is 3. The van der Waals surface area contributed by atoms with Crippen molar-refractivity contribution in [3.63, 3.8) is 0 Å². The Hall–Kier alpha value is -1.48. The predicted octanol–water partition coefficient (Wildman–Crippen LogP) is 2.30. The summed E-state index contributed by atoms with van der Waals surface area (Å²) in [6.07, 6.45) is 1.05. The minimum absolute atomic E-state index is 0.126. The van der Waals surface area contributed by atoms with Gasteiger partial charge in [0, 0.05) is 6.07 Å². The fraction of sp³-hybridized carbons (Fsp3) is 0. The molecule has 0 radical (unpaired) electrons. The van der Waals surface area contributed by atoms with E-state index in [4.69, 9.17) is 6.57 Å². The maximum Gasteiger partial charge on any atom is 0.310 e. The van der Waals surface area contributed by atoms with E-state index in [1.54, 1.807) is 0 Å². The molecule has 0 aliphatic carbocycles. The van der Waals surface area contributed by atoms with Crippen molar-refractivity contribution in [1.29, 1.82) is 0 Å². The molecular formula is C6H2BrN3O2. The maximum absolute atomic E-state index is 10.2. The van der Waals surface area contributed by atoms with Crippen LogP contribution in [0.4, 0.5) is 11.5 Å². The molecule has 0 amide bonds. The van der Waals surface area contributed by atoms with Crippen LogP contribution >= 0.6 is 15.9 Å². The van der Waals surface area contributed by atoms with Gasteiger partial charge < -0.3 is 4.85 Å². The van der Waals surface area contributed by atoms with E-state index >= 15 is 0 Å². The van der Waals surface area contributed by atoms with Crippen LogP contribution in [0.25, 0.3) is 4.85 Å². The van der Waals surface area contributed by atoms with Gasteiger partial charge in [0.1, 0.15) is 0 Å². The van der Waals surface area contributed by atoms with Gasteiger partial charge in [-0.25, -0.2) is 0 Å². The van der Waals surface area contributed by atoms with E-state index in [0.717, 1.165) is 6.20 Å². The van der Waals surface area contributed by atoms with E-state index in [2.05, 4.69) is 25.8 Å². The second kappa shape index (κ2) is 3.28. The van der Waals surface area contributed by atoms with Crippen LogP contribution in [0.3, 0.4) is 0 Å². The van der Waals surface area contributed by atoms with Gasteiger partial charge in [0.15, 0.2) is 6.20 Å². The molecule has 1 aromatic rings. The summed E-state index contributed by atoms with van der Waals surface area (Å²) in [5, 5.41) is 10.2. The number of rotatable bonds is 1. The third-order valence-corrected chi connectivity index (χ3v) is 1.71. The van der Waals surface area contributed by atoms with Crippen molar-refractivity contribution in [3.05, 3.63) is 38.3 Å². The first-order chi connectivity index (χ1) is 5.65. The Balaban J connectivity index is 3.21. The highest BCUT2D eigenvalue weighted by Gasteiger charge is 2.11. The zero-order valence-electron chi connectivity index (χ0n) is 5.69. The highest BCUT2D eigenvalue weighted by atomic mass is 79.9. The summed E-state index contributed by atoms with van der Waals surface area (Å²) in [5.41, 5.74) is -0.130. The van der Waals surface area contributed by atoms with Crippen LogP contribution in [0.15, 0.2) is 16.7 Å². The van der Waals surface area contributed by atoms with Crippen LogP contribution < -0.4 is 0 Å². The lowest BCUT2D eigenvalue weighted by molar-refractivity contribution is -0.385. The molecule has 60 valence electrons. The number of pyridine rings is 1. The van der Waals surface area contributed by atoms with Gasteiger partial charge in [0.25, 0.3) is 5.82 Å². The Morgan fingerprint density at radius 2 is 2.42 bits per heavy atom. The largest absolute Gasteiger partial charge is 0.360 e. The lowest BCUT2D eigenvalue weighted by Gasteiger charge is -1.91. The smallest absolute Gasteiger partial charge is 0.310 e. The minimum atomic E-state index is -0.564. The Morgan fingerprint density at radius 3 is 2.83 bits per heavy atom. The fourth-order valence-corrected chi connectivity index (χ4v) is 1.03. The van der Waals surface area contributed by atoms with Crippen molar-refractivity contribution >= 4 is 27.4 Å². The molecule has 12 heavy (non-hydrogen) atoms. The molecule has 0 aliphatic heterocycles. The van der Waals surface area contributed by atoms with E-state index in [1.165, 1.54) is 6.07 Å². The molecule has 0 aromatic carbocycles. The van der Waals surface area contributed by atoms with Gasteiger partial charge in [-0.05, 0) is 0 Å². The Bertz CT molecular complexity index is 372. The van der Waals surface area contributed by atoms with Crippen LogP contribution in [0.1, 0.15) is 0 Å². The standard InChI is InChI=1S/C6H2BrN3O2/c1-8-6-5(7)2-4(3-9-6)10(11)12/h2-3H. The quantitative estimate of drug-likeness (QED) is 0.420. The molecule has 0 atom stereocenters. The molecule has 0 aliphatic rings.